The van der Waals surface area contributed by atoms with Gasteiger partial charge in [0.15, 0.2) is 0 Å². The Morgan fingerprint density at radius 2 is 1.60 bits per heavy atom. The van der Waals surface area contributed by atoms with Crippen LogP contribution >= 0.6 is 0 Å². The number of hydrogen-bond acceptors (Lipinski definition) is 1. The zero-order valence-electron chi connectivity index (χ0n) is 10.5. The molecule has 0 atom stereocenters. The lowest BCUT2D eigenvalue weighted by atomic mass is 10.0. The number of ketones is 1. The van der Waals surface area contributed by atoms with Crippen LogP contribution in [0.2, 0.25) is 0 Å². The third-order valence-electron chi connectivity index (χ3n) is 2.64. The lowest BCUT2D eigenvalue weighted by Gasteiger charge is -2.04. The van der Waals surface area contributed by atoms with E-state index in [0.717, 1.165) is 31.3 Å². The molecule has 0 aromatic carbocycles. The zero-order valence-corrected chi connectivity index (χ0v) is 10.5. The molecule has 0 amide bonds. The molecule has 0 aliphatic carbocycles. The lowest BCUT2D eigenvalue weighted by molar-refractivity contribution is -0.118. The van der Waals surface area contributed by atoms with Crippen LogP contribution in [0.25, 0.3) is 0 Å². The predicted octanol–water partition coefficient (Wildman–Crippen LogP) is 4.66. The number of carbonyl (C=O) groups is 1. The topological polar surface area (TPSA) is 17.1 Å². The average Bonchev–Trinajstić information content (AvgIpc) is 2.21. The predicted molar refractivity (Wildman–Crippen MR) is 67.0 cm³/mol. The second-order valence-corrected chi connectivity index (χ2v) is 4.38. The van der Waals surface area contributed by atoms with Gasteiger partial charge in [-0.1, -0.05) is 51.7 Å². The average molecular weight is 210 g/mol. The minimum atomic E-state index is 0.373. The Morgan fingerprint density at radius 1 is 0.933 bits per heavy atom. The van der Waals surface area contributed by atoms with Gasteiger partial charge in [0.05, 0.1) is 0 Å². The number of allylic oxidation sites excluding steroid dienone is 1. The van der Waals surface area contributed by atoms with Crippen molar-refractivity contribution < 1.29 is 4.79 Å². The molecule has 0 spiro atoms. The van der Waals surface area contributed by atoms with Crippen LogP contribution in [0.15, 0.2) is 12.2 Å². The minimum absolute atomic E-state index is 0.373. The van der Waals surface area contributed by atoms with Gasteiger partial charge in [-0.15, -0.1) is 0 Å². The fraction of sp³-hybridized carbons (Fsp3) is 0.786. The molecule has 0 aliphatic heterocycles. The molecule has 0 aromatic heterocycles. The van der Waals surface area contributed by atoms with E-state index in [1.807, 2.05) is 0 Å². The molecule has 0 saturated carbocycles. The van der Waals surface area contributed by atoms with Crippen LogP contribution in [0, 0.1) is 0 Å². The molecular formula is C14H26O. The second-order valence-electron chi connectivity index (χ2n) is 4.38. The van der Waals surface area contributed by atoms with Gasteiger partial charge in [0.1, 0.15) is 5.78 Å². The van der Waals surface area contributed by atoms with E-state index in [-0.39, 0.29) is 0 Å². The maximum atomic E-state index is 11.4. The summed E-state index contributed by atoms with van der Waals surface area (Å²) in [5.41, 5.74) is 1.13. The first-order chi connectivity index (χ1) is 7.20. The third-order valence-corrected chi connectivity index (χ3v) is 2.64. The van der Waals surface area contributed by atoms with Crippen LogP contribution in [0.1, 0.15) is 71.6 Å². The highest BCUT2D eigenvalue weighted by Crippen LogP contribution is 2.13. The normalized spacial score (nSPS) is 10.3. The molecule has 1 heteroatoms. The first-order valence-corrected chi connectivity index (χ1v) is 6.39. The molecule has 0 aromatic rings. The standard InChI is InChI=1S/C14H26O/c1-4-6-8-9-10-13(3)12-14(15)11-7-5-2/h3-12H2,1-2H3. The van der Waals surface area contributed by atoms with Gasteiger partial charge in [-0.05, 0) is 19.3 Å². The Morgan fingerprint density at radius 3 is 2.20 bits per heavy atom. The van der Waals surface area contributed by atoms with Gasteiger partial charge < -0.3 is 0 Å². The van der Waals surface area contributed by atoms with Crippen molar-refractivity contribution in [1.82, 2.24) is 0 Å². The number of Topliss-reactive ketones (excluding diaryl/α,β-unsaturated/α-hetero) is 1. The number of hydrogen-bond donors (Lipinski definition) is 0. The van der Waals surface area contributed by atoms with Crippen molar-refractivity contribution in [3.05, 3.63) is 12.2 Å². The van der Waals surface area contributed by atoms with Crippen LogP contribution in [0.4, 0.5) is 0 Å². The van der Waals surface area contributed by atoms with Gasteiger partial charge in [-0.3, -0.25) is 4.79 Å². The fourth-order valence-corrected chi connectivity index (χ4v) is 1.63. The highest BCUT2D eigenvalue weighted by atomic mass is 16.1. The molecule has 0 rings (SSSR count). The Bertz CT molecular complexity index is 182. The van der Waals surface area contributed by atoms with E-state index in [2.05, 4.69) is 20.4 Å². The van der Waals surface area contributed by atoms with Crippen LogP contribution in [0.5, 0.6) is 0 Å². The van der Waals surface area contributed by atoms with Gasteiger partial charge >= 0.3 is 0 Å². The van der Waals surface area contributed by atoms with Crippen molar-refractivity contribution in [2.75, 3.05) is 0 Å². The van der Waals surface area contributed by atoms with E-state index in [0.29, 0.717) is 12.2 Å². The smallest absolute Gasteiger partial charge is 0.136 e. The van der Waals surface area contributed by atoms with Gasteiger partial charge in [0, 0.05) is 12.8 Å². The molecule has 0 bridgehead atoms. The summed E-state index contributed by atoms with van der Waals surface area (Å²) in [7, 11) is 0. The molecule has 0 radical (unpaired) electrons. The summed E-state index contributed by atoms with van der Waals surface area (Å²) in [5.74, 6) is 0.373. The van der Waals surface area contributed by atoms with Gasteiger partial charge in [0.25, 0.3) is 0 Å². The quantitative estimate of drug-likeness (QED) is 0.378. The Balaban J connectivity index is 3.43. The Labute approximate surface area is 95.0 Å². The van der Waals surface area contributed by atoms with Crippen LogP contribution in [0.3, 0.4) is 0 Å². The SMILES string of the molecule is C=C(CCCCCC)CC(=O)CCCC. The molecule has 0 fully saturated rings. The monoisotopic (exact) mass is 210 g/mol. The first-order valence-electron chi connectivity index (χ1n) is 6.39. The second kappa shape index (κ2) is 9.95. The molecule has 0 heterocycles. The van der Waals surface area contributed by atoms with Crippen LogP contribution < -0.4 is 0 Å². The lowest BCUT2D eigenvalue weighted by Crippen LogP contribution is -1.99. The van der Waals surface area contributed by atoms with Crippen molar-refractivity contribution in [2.24, 2.45) is 0 Å². The molecule has 0 N–H and O–H groups in total. The molecule has 0 saturated heterocycles. The van der Waals surface area contributed by atoms with E-state index in [1.54, 1.807) is 0 Å². The van der Waals surface area contributed by atoms with Gasteiger partial charge in [0.2, 0.25) is 0 Å². The van der Waals surface area contributed by atoms with E-state index >= 15 is 0 Å². The van der Waals surface area contributed by atoms with Crippen molar-refractivity contribution in [2.45, 2.75) is 71.6 Å². The molecule has 0 aliphatic rings. The maximum Gasteiger partial charge on any atom is 0.136 e. The minimum Gasteiger partial charge on any atom is -0.299 e. The van der Waals surface area contributed by atoms with Gasteiger partial charge in [-0.25, -0.2) is 0 Å². The number of unbranched alkanes of at least 4 members (excludes halogenated alkanes) is 4. The summed E-state index contributed by atoms with van der Waals surface area (Å²) in [6.07, 6.45) is 9.58. The Kier molecular flexibility index (Phi) is 9.55. The van der Waals surface area contributed by atoms with Crippen LogP contribution in [-0.2, 0) is 4.79 Å². The summed E-state index contributed by atoms with van der Waals surface area (Å²) in [6.45, 7) is 8.31. The summed E-state index contributed by atoms with van der Waals surface area (Å²) < 4.78 is 0. The largest absolute Gasteiger partial charge is 0.299 e. The number of rotatable bonds is 10. The number of carbonyl (C=O) groups excluding carboxylic acids is 1. The van der Waals surface area contributed by atoms with E-state index in [1.165, 1.54) is 25.7 Å². The molecule has 15 heavy (non-hydrogen) atoms. The van der Waals surface area contributed by atoms with Crippen molar-refractivity contribution in [1.29, 1.82) is 0 Å². The van der Waals surface area contributed by atoms with Crippen molar-refractivity contribution >= 4 is 5.78 Å². The maximum absolute atomic E-state index is 11.4. The Hall–Kier alpha value is -0.590. The molecule has 0 unspecified atom stereocenters. The highest BCUT2D eigenvalue weighted by molar-refractivity contribution is 5.80. The highest BCUT2D eigenvalue weighted by Gasteiger charge is 2.03. The molecular weight excluding hydrogens is 184 g/mol. The van der Waals surface area contributed by atoms with E-state index in [9.17, 15) is 4.79 Å². The van der Waals surface area contributed by atoms with Gasteiger partial charge in [-0.2, -0.15) is 0 Å². The molecule has 1 nitrogen and oxygen atoms in total. The van der Waals surface area contributed by atoms with E-state index in [4.69, 9.17) is 0 Å². The van der Waals surface area contributed by atoms with Crippen molar-refractivity contribution in [3.8, 4) is 0 Å². The van der Waals surface area contributed by atoms with E-state index < -0.39 is 0 Å². The van der Waals surface area contributed by atoms with Crippen LogP contribution in [-0.4, -0.2) is 5.78 Å². The fourth-order valence-electron chi connectivity index (χ4n) is 1.63. The summed E-state index contributed by atoms with van der Waals surface area (Å²) in [4.78, 5) is 11.4. The first kappa shape index (κ1) is 14.4. The zero-order chi connectivity index (χ0) is 11.5. The summed E-state index contributed by atoms with van der Waals surface area (Å²) in [5, 5.41) is 0. The van der Waals surface area contributed by atoms with Crippen molar-refractivity contribution in [3.63, 3.8) is 0 Å². The third kappa shape index (κ3) is 9.71. The summed E-state index contributed by atoms with van der Waals surface area (Å²) >= 11 is 0. The molecule has 88 valence electrons. The summed E-state index contributed by atoms with van der Waals surface area (Å²) in [6, 6.07) is 0.